The first kappa shape index (κ1) is 21.2. The number of benzene rings is 1. The number of nitrogens with zero attached hydrogens (tertiary/aromatic N) is 5. The van der Waals surface area contributed by atoms with Crippen LogP contribution in [0.5, 0.6) is 0 Å². The minimum absolute atomic E-state index is 0.0530. The van der Waals surface area contributed by atoms with E-state index < -0.39 is 17.8 Å². The molecule has 0 amide bonds. The molecule has 0 unspecified atom stereocenters. The topological polar surface area (TPSA) is 66.3 Å². The number of nitrogens with one attached hydrogen (secondary N) is 1. The van der Waals surface area contributed by atoms with E-state index in [0.717, 1.165) is 6.07 Å². The lowest BCUT2D eigenvalue weighted by Gasteiger charge is -2.34. The largest absolute Gasteiger partial charge is 0.365 e. The second-order valence-electron chi connectivity index (χ2n) is 7.35. The maximum atomic E-state index is 14.4. The molecule has 0 bridgehead atoms. The first-order valence-corrected chi connectivity index (χ1v) is 9.75. The summed E-state index contributed by atoms with van der Waals surface area (Å²) in [5, 5.41) is 3.57. The van der Waals surface area contributed by atoms with Gasteiger partial charge in [-0.05, 0) is 6.07 Å². The van der Waals surface area contributed by atoms with Gasteiger partial charge in [0.25, 0.3) is 12.0 Å². The molecule has 1 aliphatic heterocycles. The number of alkyl halides is 2. The monoisotopic (exact) mass is 428 g/mol. The molecule has 2 aromatic heterocycles. The summed E-state index contributed by atoms with van der Waals surface area (Å²) < 4.78 is 41.8. The number of halogens is 3. The first-order chi connectivity index (χ1) is 14.9. The fraction of sp³-hybridized carbons (Fsp3) is 0.350. The third-order valence-corrected chi connectivity index (χ3v) is 5.43. The Bertz CT molecular complexity index is 1160. The van der Waals surface area contributed by atoms with E-state index in [1.807, 2.05) is 4.90 Å². The van der Waals surface area contributed by atoms with Crippen LogP contribution in [0.2, 0.25) is 0 Å². The Morgan fingerprint density at radius 3 is 2.65 bits per heavy atom. The molecule has 0 aliphatic carbocycles. The van der Waals surface area contributed by atoms with Crippen molar-refractivity contribution < 1.29 is 13.2 Å². The summed E-state index contributed by atoms with van der Waals surface area (Å²) in [6.45, 7) is 2.38. The maximum Gasteiger partial charge on any atom is 0.275 e. The van der Waals surface area contributed by atoms with Crippen molar-refractivity contribution in [2.24, 2.45) is 7.05 Å². The second-order valence-corrected chi connectivity index (χ2v) is 7.35. The molecule has 3 aromatic rings. The van der Waals surface area contributed by atoms with Crippen LogP contribution in [-0.2, 0) is 13.6 Å². The number of hydrogen-bond acceptors (Lipinski definition) is 6. The molecular weight excluding hydrogens is 408 g/mol. The van der Waals surface area contributed by atoms with Gasteiger partial charge in [0.05, 0.1) is 10.9 Å². The Labute approximate surface area is 177 Å². The van der Waals surface area contributed by atoms with E-state index in [2.05, 4.69) is 15.3 Å². The minimum atomic E-state index is -2.90. The van der Waals surface area contributed by atoms with Crippen molar-refractivity contribution in [3.05, 3.63) is 57.9 Å². The van der Waals surface area contributed by atoms with E-state index in [1.54, 1.807) is 17.9 Å². The van der Waals surface area contributed by atoms with E-state index in [0.29, 0.717) is 48.7 Å². The van der Waals surface area contributed by atoms with Gasteiger partial charge in [-0.3, -0.25) is 9.36 Å². The molecule has 1 aliphatic rings. The molecule has 4 rings (SSSR count). The first-order valence-electron chi connectivity index (χ1n) is 9.75. The van der Waals surface area contributed by atoms with E-state index in [4.69, 9.17) is 7.98 Å². The SMILES string of the molecule is [B]N1CCN(c2cc3c(NCc4cccc(C(F)F)c4F)ncnc3n(C)c2=O)CC1. The molecule has 0 atom stereocenters. The van der Waals surface area contributed by atoms with Crippen LogP contribution in [0.15, 0.2) is 35.4 Å². The van der Waals surface area contributed by atoms with E-state index in [-0.39, 0.29) is 17.7 Å². The molecule has 2 radical (unpaired) electrons. The zero-order chi connectivity index (χ0) is 22.1. The summed E-state index contributed by atoms with van der Waals surface area (Å²) >= 11 is 0. The third kappa shape index (κ3) is 4.09. The van der Waals surface area contributed by atoms with E-state index in [1.165, 1.54) is 23.0 Å². The fourth-order valence-electron chi connectivity index (χ4n) is 3.67. The number of aryl methyl sites for hydroxylation is 1. The summed E-state index contributed by atoms with van der Waals surface area (Å²) in [5.41, 5.74) is 0.153. The molecule has 1 saturated heterocycles. The number of fused-ring (bicyclic) bond motifs is 1. The predicted molar refractivity (Wildman–Crippen MR) is 113 cm³/mol. The van der Waals surface area contributed by atoms with Crippen LogP contribution in [0.4, 0.5) is 24.7 Å². The van der Waals surface area contributed by atoms with Gasteiger partial charge in [0.1, 0.15) is 29.3 Å². The molecule has 0 saturated carbocycles. The standard InChI is InChI=1S/C20H20BF3N6O/c1-28-19-14(9-15(20(28)31)29-5-7-30(21)8-6-29)18(26-11-27-19)25-10-12-3-2-4-13(16(12)22)17(23)24/h2-4,9,11,17H,5-8,10H2,1H3,(H,25,26,27). The quantitative estimate of drug-likeness (QED) is 0.629. The van der Waals surface area contributed by atoms with Gasteiger partial charge in [0.15, 0.2) is 7.98 Å². The Hall–Kier alpha value is -3.08. The van der Waals surface area contributed by atoms with Crippen molar-refractivity contribution in [3.63, 3.8) is 0 Å². The second kappa shape index (κ2) is 8.58. The molecule has 1 fully saturated rings. The highest BCUT2D eigenvalue weighted by Crippen LogP contribution is 2.26. The Balaban J connectivity index is 1.69. The van der Waals surface area contributed by atoms with E-state index in [9.17, 15) is 18.0 Å². The lowest BCUT2D eigenvalue weighted by molar-refractivity contribution is 0.146. The minimum Gasteiger partial charge on any atom is -0.365 e. The van der Waals surface area contributed by atoms with Crippen molar-refractivity contribution in [1.82, 2.24) is 19.3 Å². The zero-order valence-corrected chi connectivity index (χ0v) is 16.9. The van der Waals surface area contributed by atoms with E-state index >= 15 is 0 Å². The molecule has 0 spiro atoms. The summed E-state index contributed by atoms with van der Waals surface area (Å²) in [7, 11) is 7.43. The van der Waals surface area contributed by atoms with Gasteiger partial charge in [0, 0.05) is 45.3 Å². The van der Waals surface area contributed by atoms with Crippen LogP contribution in [0.25, 0.3) is 11.0 Å². The van der Waals surface area contributed by atoms with Crippen molar-refractivity contribution in [3.8, 4) is 0 Å². The number of piperazine rings is 1. The molecule has 1 aromatic carbocycles. The highest BCUT2D eigenvalue weighted by molar-refractivity contribution is 6.04. The van der Waals surface area contributed by atoms with Crippen LogP contribution in [-0.4, -0.2) is 53.5 Å². The van der Waals surface area contributed by atoms with Crippen LogP contribution in [0.3, 0.4) is 0 Å². The van der Waals surface area contributed by atoms with Gasteiger partial charge < -0.3 is 15.0 Å². The average Bonchev–Trinajstić information content (AvgIpc) is 2.76. The maximum absolute atomic E-state index is 14.4. The van der Waals surface area contributed by atoms with Gasteiger partial charge >= 0.3 is 0 Å². The molecule has 160 valence electrons. The Morgan fingerprint density at radius 2 is 1.94 bits per heavy atom. The number of rotatable bonds is 5. The summed E-state index contributed by atoms with van der Waals surface area (Å²) in [6, 6.07) is 5.59. The van der Waals surface area contributed by atoms with Gasteiger partial charge in [-0.1, -0.05) is 18.2 Å². The van der Waals surface area contributed by atoms with Crippen molar-refractivity contribution in [2.45, 2.75) is 13.0 Å². The molecule has 31 heavy (non-hydrogen) atoms. The highest BCUT2D eigenvalue weighted by atomic mass is 19.3. The Kier molecular flexibility index (Phi) is 5.86. The number of pyridine rings is 1. The van der Waals surface area contributed by atoms with Crippen LogP contribution < -0.4 is 15.8 Å². The van der Waals surface area contributed by atoms with Crippen LogP contribution in [0.1, 0.15) is 17.6 Å². The van der Waals surface area contributed by atoms with Crippen molar-refractivity contribution in [2.75, 3.05) is 36.4 Å². The summed E-state index contributed by atoms with van der Waals surface area (Å²) in [5.74, 6) is -0.572. The van der Waals surface area contributed by atoms with Crippen LogP contribution >= 0.6 is 0 Å². The van der Waals surface area contributed by atoms with Gasteiger partial charge in [-0.15, -0.1) is 0 Å². The summed E-state index contributed by atoms with van der Waals surface area (Å²) in [6.07, 6.45) is -1.60. The fourth-order valence-corrected chi connectivity index (χ4v) is 3.67. The van der Waals surface area contributed by atoms with Crippen molar-refractivity contribution >= 4 is 30.5 Å². The third-order valence-electron chi connectivity index (χ3n) is 5.43. The smallest absolute Gasteiger partial charge is 0.275 e. The van der Waals surface area contributed by atoms with Gasteiger partial charge in [-0.25, -0.2) is 23.1 Å². The molecule has 1 N–H and O–H groups in total. The number of anilines is 2. The lowest BCUT2D eigenvalue weighted by Crippen LogP contribution is -2.47. The normalized spacial score (nSPS) is 15.1. The average molecular weight is 428 g/mol. The highest BCUT2D eigenvalue weighted by Gasteiger charge is 2.20. The van der Waals surface area contributed by atoms with Crippen molar-refractivity contribution in [1.29, 1.82) is 0 Å². The number of aromatic nitrogens is 3. The molecule has 7 nitrogen and oxygen atoms in total. The molecular formula is C20H20BF3N6O. The lowest BCUT2D eigenvalue weighted by atomic mass is 10.1. The van der Waals surface area contributed by atoms with Crippen LogP contribution in [0, 0.1) is 5.82 Å². The predicted octanol–water partition coefficient (Wildman–Crippen LogP) is 2.22. The number of hydrogen-bond donors (Lipinski definition) is 1. The van der Waals surface area contributed by atoms with Gasteiger partial charge in [0.2, 0.25) is 0 Å². The zero-order valence-electron chi connectivity index (χ0n) is 16.9. The summed E-state index contributed by atoms with van der Waals surface area (Å²) in [4.78, 5) is 24.9. The molecule has 3 heterocycles. The Morgan fingerprint density at radius 1 is 1.19 bits per heavy atom. The molecule has 11 heteroatoms. The van der Waals surface area contributed by atoms with Gasteiger partial charge in [-0.2, -0.15) is 0 Å².